The molecule has 5 heteroatoms. The van der Waals surface area contributed by atoms with Crippen molar-refractivity contribution in [1.29, 1.82) is 0 Å². The minimum atomic E-state index is -0.942. The molecule has 1 aliphatic carbocycles. The Labute approximate surface area is 130 Å². The highest BCUT2D eigenvalue weighted by Crippen LogP contribution is 2.45. The number of carboxylic acid groups (broad SMARTS) is 1. The van der Waals surface area contributed by atoms with E-state index in [9.17, 15) is 4.79 Å². The number of aromatic carboxylic acids is 1. The molecule has 0 unspecified atom stereocenters. The summed E-state index contributed by atoms with van der Waals surface area (Å²) in [6.07, 6.45) is 3.37. The summed E-state index contributed by atoms with van der Waals surface area (Å²) in [6, 6.07) is 5.37. The van der Waals surface area contributed by atoms with Gasteiger partial charge in [-0.3, -0.25) is 0 Å². The molecule has 1 saturated carbocycles. The van der Waals surface area contributed by atoms with Crippen LogP contribution in [0.25, 0.3) is 11.0 Å². The Morgan fingerprint density at radius 1 is 1.41 bits per heavy atom. The Bertz CT molecular complexity index is 733. The number of imidazole rings is 1. The van der Waals surface area contributed by atoms with Crippen LogP contribution < -0.4 is 5.73 Å². The second kappa shape index (κ2) is 5.00. The maximum atomic E-state index is 11.1. The third-order valence-corrected chi connectivity index (χ3v) is 4.69. The van der Waals surface area contributed by atoms with Crippen LogP contribution in [0, 0.1) is 11.3 Å². The van der Waals surface area contributed by atoms with Gasteiger partial charge in [0, 0.05) is 6.04 Å². The van der Waals surface area contributed by atoms with E-state index < -0.39 is 5.97 Å². The van der Waals surface area contributed by atoms with Crippen molar-refractivity contribution in [1.82, 2.24) is 9.55 Å². The summed E-state index contributed by atoms with van der Waals surface area (Å²) < 4.78 is 2.10. The SMILES string of the molecule is C[C@@H]1C[C@H](n2c(N)nc3cc(C(=O)O)ccc32)CC(C)(C)C1. The molecule has 118 valence electrons. The normalized spacial score (nSPS) is 24.5. The number of nitrogens with zero attached hydrogens (tertiary/aromatic N) is 2. The predicted octanol–water partition coefficient (Wildman–Crippen LogP) is 3.70. The van der Waals surface area contributed by atoms with Gasteiger partial charge in [-0.25, -0.2) is 9.78 Å². The third kappa shape index (κ3) is 2.56. The number of hydrogen-bond donors (Lipinski definition) is 2. The summed E-state index contributed by atoms with van der Waals surface area (Å²) in [6.45, 7) is 6.88. The predicted molar refractivity (Wildman–Crippen MR) is 86.9 cm³/mol. The van der Waals surface area contributed by atoms with Crippen molar-refractivity contribution < 1.29 is 9.90 Å². The molecule has 1 aromatic heterocycles. The van der Waals surface area contributed by atoms with Crippen LogP contribution in [0.2, 0.25) is 0 Å². The maximum absolute atomic E-state index is 11.1. The average molecular weight is 301 g/mol. The summed E-state index contributed by atoms with van der Waals surface area (Å²) in [5.74, 6) is 0.179. The second-order valence-electron chi connectivity index (χ2n) is 7.42. The van der Waals surface area contributed by atoms with Crippen LogP contribution in [-0.4, -0.2) is 20.6 Å². The number of nitrogens with two attached hydrogens (primary N) is 1. The lowest BCUT2D eigenvalue weighted by Crippen LogP contribution is -2.29. The largest absolute Gasteiger partial charge is 0.478 e. The van der Waals surface area contributed by atoms with Crippen LogP contribution in [0.15, 0.2) is 18.2 Å². The zero-order valence-corrected chi connectivity index (χ0v) is 13.3. The van der Waals surface area contributed by atoms with Crippen molar-refractivity contribution in [3.05, 3.63) is 23.8 Å². The van der Waals surface area contributed by atoms with E-state index >= 15 is 0 Å². The van der Waals surface area contributed by atoms with E-state index in [1.54, 1.807) is 12.1 Å². The fourth-order valence-corrected chi connectivity index (χ4v) is 4.13. The van der Waals surface area contributed by atoms with E-state index in [1.165, 1.54) is 6.42 Å². The first kappa shape index (κ1) is 14.9. The smallest absolute Gasteiger partial charge is 0.335 e. The number of carbonyl (C=O) groups is 1. The van der Waals surface area contributed by atoms with Gasteiger partial charge in [0.05, 0.1) is 16.6 Å². The van der Waals surface area contributed by atoms with Crippen molar-refractivity contribution in [2.45, 2.75) is 46.1 Å². The minimum absolute atomic E-state index is 0.245. The van der Waals surface area contributed by atoms with E-state index in [4.69, 9.17) is 10.8 Å². The van der Waals surface area contributed by atoms with E-state index in [1.807, 2.05) is 6.07 Å². The Morgan fingerprint density at radius 2 is 2.14 bits per heavy atom. The molecular formula is C17H23N3O2. The standard InChI is InChI=1S/C17H23N3O2/c1-10-6-12(9-17(2,3)8-10)20-14-5-4-11(15(21)22)7-13(14)19-16(20)18/h4-5,7,10,12H,6,8-9H2,1-3H3,(H2,18,19)(H,21,22)/t10-,12+/m1/s1. The van der Waals surface area contributed by atoms with Gasteiger partial charge in [-0.1, -0.05) is 20.8 Å². The van der Waals surface area contributed by atoms with Crippen LogP contribution in [0.1, 0.15) is 56.4 Å². The van der Waals surface area contributed by atoms with Crippen molar-refractivity contribution in [2.75, 3.05) is 5.73 Å². The highest BCUT2D eigenvalue weighted by Gasteiger charge is 2.34. The van der Waals surface area contributed by atoms with E-state index in [-0.39, 0.29) is 11.0 Å². The molecule has 5 nitrogen and oxygen atoms in total. The van der Waals surface area contributed by atoms with Crippen molar-refractivity contribution >= 4 is 23.0 Å². The molecule has 0 radical (unpaired) electrons. The lowest BCUT2D eigenvalue weighted by molar-refractivity contribution is 0.0697. The van der Waals surface area contributed by atoms with Crippen molar-refractivity contribution in [3.8, 4) is 0 Å². The molecule has 0 spiro atoms. The highest BCUT2D eigenvalue weighted by molar-refractivity contribution is 5.93. The van der Waals surface area contributed by atoms with Crippen LogP contribution in [0.5, 0.6) is 0 Å². The highest BCUT2D eigenvalue weighted by atomic mass is 16.4. The fraction of sp³-hybridized carbons (Fsp3) is 0.529. The zero-order valence-electron chi connectivity index (χ0n) is 13.3. The number of nitrogen functional groups attached to an aromatic ring is 1. The summed E-state index contributed by atoms with van der Waals surface area (Å²) in [5.41, 5.74) is 8.27. The van der Waals surface area contributed by atoms with Gasteiger partial charge < -0.3 is 15.4 Å². The Hall–Kier alpha value is -2.04. The molecule has 3 rings (SSSR count). The van der Waals surface area contributed by atoms with E-state index in [0.29, 0.717) is 23.4 Å². The number of benzene rings is 1. The molecule has 0 saturated heterocycles. The second-order valence-corrected chi connectivity index (χ2v) is 7.42. The minimum Gasteiger partial charge on any atom is -0.478 e. The van der Waals surface area contributed by atoms with Gasteiger partial charge in [0.15, 0.2) is 0 Å². The number of hydrogen-bond acceptors (Lipinski definition) is 3. The molecule has 2 atom stereocenters. The molecule has 2 aromatic rings. The van der Waals surface area contributed by atoms with Gasteiger partial charge in [-0.2, -0.15) is 0 Å². The topological polar surface area (TPSA) is 81.1 Å². The van der Waals surface area contributed by atoms with Crippen LogP contribution in [-0.2, 0) is 0 Å². The van der Waals surface area contributed by atoms with Crippen LogP contribution in [0.3, 0.4) is 0 Å². The summed E-state index contributed by atoms with van der Waals surface area (Å²) >= 11 is 0. The van der Waals surface area contributed by atoms with Gasteiger partial charge in [-0.05, 0) is 48.8 Å². The molecule has 22 heavy (non-hydrogen) atoms. The number of anilines is 1. The number of rotatable bonds is 2. The third-order valence-electron chi connectivity index (χ3n) is 4.69. The lowest BCUT2D eigenvalue weighted by Gasteiger charge is -2.40. The monoisotopic (exact) mass is 301 g/mol. The van der Waals surface area contributed by atoms with Crippen LogP contribution >= 0.6 is 0 Å². The van der Waals surface area contributed by atoms with Gasteiger partial charge in [-0.15, -0.1) is 0 Å². The van der Waals surface area contributed by atoms with Crippen molar-refractivity contribution in [2.24, 2.45) is 11.3 Å². The van der Waals surface area contributed by atoms with Gasteiger partial charge in [0.1, 0.15) is 0 Å². The first-order valence-corrected chi connectivity index (χ1v) is 7.77. The Kier molecular flexibility index (Phi) is 3.38. The average Bonchev–Trinajstić information content (AvgIpc) is 2.70. The first-order valence-electron chi connectivity index (χ1n) is 7.77. The maximum Gasteiger partial charge on any atom is 0.335 e. The molecule has 1 heterocycles. The Morgan fingerprint density at radius 3 is 2.77 bits per heavy atom. The van der Waals surface area contributed by atoms with Crippen molar-refractivity contribution in [3.63, 3.8) is 0 Å². The molecule has 0 amide bonds. The van der Waals surface area contributed by atoms with Gasteiger partial charge in [0.2, 0.25) is 5.95 Å². The molecular weight excluding hydrogens is 278 g/mol. The quantitative estimate of drug-likeness (QED) is 0.886. The summed E-state index contributed by atoms with van der Waals surface area (Å²) in [4.78, 5) is 15.5. The fourth-order valence-electron chi connectivity index (χ4n) is 4.13. The first-order chi connectivity index (χ1) is 10.3. The van der Waals surface area contributed by atoms with E-state index in [2.05, 4.69) is 30.3 Å². The molecule has 0 aliphatic heterocycles. The molecule has 1 fully saturated rings. The van der Waals surface area contributed by atoms with E-state index in [0.717, 1.165) is 18.4 Å². The van der Waals surface area contributed by atoms with Gasteiger partial charge >= 0.3 is 5.97 Å². The molecule has 3 N–H and O–H groups in total. The molecule has 1 aromatic carbocycles. The number of carboxylic acids is 1. The number of fused-ring (bicyclic) bond motifs is 1. The summed E-state index contributed by atoms with van der Waals surface area (Å²) in [7, 11) is 0. The Balaban J connectivity index is 2.07. The number of aromatic nitrogens is 2. The van der Waals surface area contributed by atoms with Gasteiger partial charge in [0.25, 0.3) is 0 Å². The summed E-state index contributed by atoms with van der Waals surface area (Å²) in [5, 5.41) is 9.11. The molecule has 0 bridgehead atoms. The lowest BCUT2D eigenvalue weighted by atomic mass is 9.70. The zero-order chi connectivity index (χ0) is 16.1. The molecule has 1 aliphatic rings. The van der Waals surface area contributed by atoms with Crippen LogP contribution in [0.4, 0.5) is 5.95 Å².